The Bertz CT molecular complexity index is 1240. The van der Waals surface area contributed by atoms with Crippen molar-refractivity contribution in [3.05, 3.63) is 87.7 Å². The minimum atomic E-state index is -1.20. The number of ether oxygens (including phenoxy) is 1. The normalized spacial score (nSPS) is 17.6. The number of β-amino-alcohol motifs (C(OH)–C–C–N with tert-alkyl or cyclic N) is 1. The summed E-state index contributed by atoms with van der Waals surface area (Å²) in [6, 6.07) is 17.1. The van der Waals surface area contributed by atoms with Crippen molar-refractivity contribution in [3.63, 3.8) is 0 Å². The zero-order valence-electron chi connectivity index (χ0n) is 22.0. The van der Waals surface area contributed by atoms with Gasteiger partial charge in [-0.15, -0.1) is 0 Å². The number of aromatic nitrogens is 1. The highest BCUT2D eigenvalue weighted by atomic mass is 35.5. The Morgan fingerprint density at radius 1 is 1.16 bits per heavy atom. The first-order valence-electron chi connectivity index (χ1n) is 12.8. The quantitative estimate of drug-likeness (QED) is 0.372. The summed E-state index contributed by atoms with van der Waals surface area (Å²) >= 11 is 12.9. The van der Waals surface area contributed by atoms with E-state index in [2.05, 4.69) is 27.0 Å². The van der Waals surface area contributed by atoms with E-state index in [4.69, 9.17) is 27.9 Å². The smallest absolute Gasteiger partial charge is 0.252 e. The van der Waals surface area contributed by atoms with Gasteiger partial charge < -0.3 is 20.1 Å². The van der Waals surface area contributed by atoms with Gasteiger partial charge in [-0.3, -0.25) is 14.7 Å². The van der Waals surface area contributed by atoms with Crippen molar-refractivity contribution in [1.29, 1.82) is 0 Å². The van der Waals surface area contributed by atoms with Gasteiger partial charge in [0.1, 0.15) is 11.4 Å². The van der Waals surface area contributed by atoms with Crippen molar-refractivity contribution in [1.82, 2.24) is 15.2 Å². The van der Waals surface area contributed by atoms with Gasteiger partial charge in [-0.1, -0.05) is 42.3 Å². The molecule has 1 aliphatic heterocycles. The van der Waals surface area contributed by atoms with E-state index < -0.39 is 5.60 Å². The molecular formula is C29H34Cl2N4O3. The summed E-state index contributed by atoms with van der Waals surface area (Å²) in [6.45, 7) is 6.95. The lowest BCUT2D eigenvalue weighted by atomic mass is 9.97. The van der Waals surface area contributed by atoms with Gasteiger partial charge in [-0.2, -0.15) is 0 Å². The van der Waals surface area contributed by atoms with Crippen LogP contribution in [0.25, 0.3) is 0 Å². The second-order valence-electron chi connectivity index (χ2n) is 9.74. The molecule has 0 saturated carbocycles. The van der Waals surface area contributed by atoms with E-state index in [1.54, 1.807) is 26.1 Å². The Kier molecular flexibility index (Phi) is 9.15. The van der Waals surface area contributed by atoms with Crippen LogP contribution in [0.1, 0.15) is 47.9 Å². The van der Waals surface area contributed by atoms with E-state index in [1.807, 2.05) is 42.5 Å². The van der Waals surface area contributed by atoms with Crippen molar-refractivity contribution >= 4 is 34.8 Å². The lowest BCUT2D eigenvalue weighted by molar-refractivity contribution is 0.00674. The van der Waals surface area contributed by atoms with Crippen molar-refractivity contribution in [2.75, 3.05) is 44.7 Å². The maximum absolute atomic E-state index is 11.9. The van der Waals surface area contributed by atoms with Crippen molar-refractivity contribution in [2.24, 2.45) is 0 Å². The van der Waals surface area contributed by atoms with Gasteiger partial charge in [0.05, 0.1) is 34.6 Å². The van der Waals surface area contributed by atoms with Crippen LogP contribution in [0.15, 0.2) is 60.8 Å². The molecule has 2 N–H and O–H groups in total. The Morgan fingerprint density at radius 2 is 1.92 bits per heavy atom. The predicted octanol–water partition coefficient (Wildman–Crippen LogP) is 5.31. The third-order valence-electron chi connectivity index (χ3n) is 6.76. The number of amides is 1. The Morgan fingerprint density at radius 3 is 2.55 bits per heavy atom. The van der Waals surface area contributed by atoms with Crippen molar-refractivity contribution in [3.8, 4) is 5.75 Å². The molecule has 38 heavy (non-hydrogen) atoms. The van der Waals surface area contributed by atoms with Crippen LogP contribution >= 0.6 is 23.2 Å². The lowest BCUT2D eigenvalue weighted by Gasteiger charge is -2.45. The maximum Gasteiger partial charge on any atom is 0.252 e. The number of carbonyl (C=O) groups excluding carboxylic acids is 1. The SMILES string of the molecule is CCCOc1ccc(N2CCN(C[C@@](C)(O)c3ccc(C(=O)NC)cn3)C[C@H]2c2ccc(Cl)cc2)c(Cl)c1. The van der Waals surface area contributed by atoms with Crippen LogP contribution in [0.4, 0.5) is 5.69 Å². The van der Waals surface area contributed by atoms with Gasteiger partial charge in [0, 0.05) is 50.5 Å². The third kappa shape index (κ3) is 6.59. The van der Waals surface area contributed by atoms with Gasteiger partial charge in [0.2, 0.25) is 0 Å². The summed E-state index contributed by atoms with van der Waals surface area (Å²) in [5.41, 5.74) is 1.81. The Balaban J connectivity index is 1.56. The molecule has 1 saturated heterocycles. The molecule has 0 aliphatic carbocycles. The number of rotatable bonds is 9. The van der Waals surface area contributed by atoms with Gasteiger partial charge in [-0.05, 0) is 55.3 Å². The number of carbonyl (C=O) groups is 1. The molecule has 4 rings (SSSR count). The van der Waals surface area contributed by atoms with Gasteiger partial charge in [0.25, 0.3) is 5.91 Å². The molecule has 9 heteroatoms. The summed E-state index contributed by atoms with van der Waals surface area (Å²) in [4.78, 5) is 20.8. The predicted molar refractivity (Wildman–Crippen MR) is 152 cm³/mol. The number of hydrogen-bond donors (Lipinski definition) is 2. The van der Waals surface area contributed by atoms with E-state index >= 15 is 0 Å². The molecule has 1 fully saturated rings. The topological polar surface area (TPSA) is 77.9 Å². The van der Waals surface area contributed by atoms with E-state index in [9.17, 15) is 9.90 Å². The maximum atomic E-state index is 11.9. The van der Waals surface area contributed by atoms with Gasteiger partial charge in [-0.25, -0.2) is 0 Å². The molecule has 1 amide bonds. The van der Waals surface area contributed by atoms with Crippen LogP contribution in [0.2, 0.25) is 10.0 Å². The van der Waals surface area contributed by atoms with E-state index in [0.717, 1.165) is 30.0 Å². The number of piperazine rings is 1. The molecule has 0 spiro atoms. The molecule has 2 aromatic carbocycles. The minimum Gasteiger partial charge on any atom is -0.494 e. The lowest BCUT2D eigenvalue weighted by Crippen LogP contribution is -2.52. The molecule has 2 atom stereocenters. The minimum absolute atomic E-state index is 0.0136. The second kappa shape index (κ2) is 12.3. The number of nitrogens with one attached hydrogen (secondary N) is 1. The summed E-state index contributed by atoms with van der Waals surface area (Å²) < 4.78 is 5.76. The highest BCUT2D eigenvalue weighted by Crippen LogP contribution is 2.38. The number of halogens is 2. The van der Waals surface area contributed by atoms with Crippen LogP contribution in [0, 0.1) is 0 Å². The van der Waals surface area contributed by atoms with Crippen LogP contribution in [-0.2, 0) is 5.60 Å². The van der Waals surface area contributed by atoms with Crippen LogP contribution in [0.3, 0.4) is 0 Å². The van der Waals surface area contributed by atoms with Crippen molar-refractivity contribution < 1.29 is 14.6 Å². The molecule has 0 bridgehead atoms. The highest BCUT2D eigenvalue weighted by Gasteiger charge is 2.34. The van der Waals surface area contributed by atoms with E-state index in [-0.39, 0.29) is 11.9 Å². The van der Waals surface area contributed by atoms with E-state index in [0.29, 0.717) is 47.5 Å². The van der Waals surface area contributed by atoms with Gasteiger partial charge in [0.15, 0.2) is 0 Å². The van der Waals surface area contributed by atoms with Gasteiger partial charge >= 0.3 is 0 Å². The molecule has 0 radical (unpaired) electrons. The third-order valence-corrected chi connectivity index (χ3v) is 7.31. The van der Waals surface area contributed by atoms with Crippen molar-refractivity contribution in [2.45, 2.75) is 31.9 Å². The summed E-state index contributed by atoms with van der Waals surface area (Å²) in [5, 5.41) is 15.3. The zero-order valence-corrected chi connectivity index (χ0v) is 23.5. The standard InChI is InChI=1S/C29H34Cl2N4O3/c1-4-15-38-23-10-11-25(24(31)16-23)35-14-13-34(18-26(35)20-5-8-22(30)9-6-20)19-29(2,37)27-12-7-21(17-33-27)28(36)32-3/h5-12,16-17,26,37H,4,13-15,18-19H2,1-3H3,(H,32,36)/t26-,29+/m0/s1. The molecule has 1 aromatic heterocycles. The Hall–Kier alpha value is -2.84. The molecule has 7 nitrogen and oxygen atoms in total. The first-order valence-corrected chi connectivity index (χ1v) is 13.5. The number of nitrogens with zero attached hydrogens (tertiary/aromatic N) is 3. The average Bonchev–Trinajstić information content (AvgIpc) is 2.92. The first-order chi connectivity index (χ1) is 18.2. The molecule has 1 aliphatic rings. The second-order valence-corrected chi connectivity index (χ2v) is 10.6. The fourth-order valence-electron chi connectivity index (χ4n) is 4.78. The molecule has 2 heterocycles. The molecular weight excluding hydrogens is 523 g/mol. The zero-order chi connectivity index (χ0) is 27.3. The van der Waals surface area contributed by atoms with E-state index in [1.165, 1.54) is 6.20 Å². The average molecular weight is 558 g/mol. The molecule has 3 aromatic rings. The summed E-state index contributed by atoms with van der Waals surface area (Å²) in [5.74, 6) is 0.544. The van der Waals surface area contributed by atoms with Crippen LogP contribution in [0.5, 0.6) is 5.75 Å². The monoisotopic (exact) mass is 556 g/mol. The summed E-state index contributed by atoms with van der Waals surface area (Å²) in [7, 11) is 1.57. The fourth-order valence-corrected chi connectivity index (χ4v) is 5.18. The number of anilines is 1. The largest absolute Gasteiger partial charge is 0.494 e. The Labute approximate surface area is 234 Å². The number of hydrogen-bond acceptors (Lipinski definition) is 6. The summed E-state index contributed by atoms with van der Waals surface area (Å²) in [6.07, 6.45) is 2.42. The number of pyridine rings is 1. The molecule has 202 valence electrons. The fraction of sp³-hybridized carbons (Fsp3) is 0.379. The van der Waals surface area contributed by atoms with Crippen LogP contribution in [-0.4, -0.2) is 60.7 Å². The first kappa shape index (κ1) is 28.2. The number of aliphatic hydroxyl groups is 1. The molecule has 0 unspecified atom stereocenters. The highest BCUT2D eigenvalue weighted by molar-refractivity contribution is 6.33. The number of benzene rings is 2. The van der Waals surface area contributed by atoms with Crippen LogP contribution < -0.4 is 15.0 Å².